The molecule has 0 heterocycles. The van der Waals surface area contributed by atoms with Crippen LogP contribution >= 0.6 is 0 Å². The molecule has 0 aromatic heterocycles. The molecule has 1 unspecified atom stereocenters. The van der Waals surface area contributed by atoms with Gasteiger partial charge in [-0.15, -0.1) is 13.2 Å². The van der Waals surface area contributed by atoms with Gasteiger partial charge in [-0.2, -0.15) is 8.78 Å². The smallest absolute Gasteiger partial charge is 0.494 e. The molecule has 0 saturated heterocycles. The summed E-state index contributed by atoms with van der Waals surface area (Å²) in [6, 6.07) is 9.36. The van der Waals surface area contributed by atoms with Crippen LogP contribution in [0.2, 0.25) is 6.04 Å². The van der Waals surface area contributed by atoms with E-state index in [0.717, 1.165) is 57.8 Å². The van der Waals surface area contributed by atoms with E-state index in [4.69, 9.17) is 4.74 Å². The molecule has 0 bridgehead atoms. The Morgan fingerprint density at radius 3 is 1.87 bits per heavy atom. The lowest BCUT2D eigenvalue weighted by Crippen LogP contribution is -2.49. The van der Waals surface area contributed by atoms with E-state index in [1.807, 2.05) is 30.3 Å². The molecule has 0 aliphatic heterocycles. The fourth-order valence-electron chi connectivity index (χ4n) is 3.03. The summed E-state index contributed by atoms with van der Waals surface area (Å²) in [6.45, 7) is -2.69. The maximum absolute atomic E-state index is 12.5. The van der Waals surface area contributed by atoms with Gasteiger partial charge in [0.1, 0.15) is 5.75 Å². The number of rotatable bonds is 17. The fraction of sp³-hybridized carbons (Fsp3) is 0.700. The average Bonchev–Trinajstić information content (AvgIpc) is 2.67. The SMILES string of the molecule is CO[Si](CCCCCCCCCCCOc1ccccc1)(OC(F)F)OC(F)(F)F. The predicted octanol–water partition coefficient (Wildman–Crippen LogP) is 6.94. The number of unbranched alkanes of at least 4 members (excludes halogenated alkanes) is 8. The van der Waals surface area contributed by atoms with E-state index in [0.29, 0.717) is 13.0 Å². The van der Waals surface area contributed by atoms with E-state index in [2.05, 4.69) is 13.3 Å². The Morgan fingerprint density at radius 1 is 0.833 bits per heavy atom. The molecule has 0 aliphatic rings. The first kappa shape index (κ1) is 26.8. The Kier molecular flexibility index (Phi) is 13.1. The molecule has 0 amide bonds. The van der Waals surface area contributed by atoms with E-state index < -0.39 is 21.8 Å². The zero-order valence-electron chi connectivity index (χ0n) is 17.3. The normalized spacial score (nSPS) is 14.1. The summed E-state index contributed by atoms with van der Waals surface area (Å²) < 4.78 is 80.6. The van der Waals surface area contributed by atoms with Gasteiger partial charge < -0.3 is 13.6 Å². The predicted molar refractivity (Wildman–Crippen MR) is 105 cm³/mol. The van der Waals surface area contributed by atoms with Gasteiger partial charge in [-0.3, -0.25) is 4.43 Å². The van der Waals surface area contributed by atoms with Crippen LogP contribution in [0.5, 0.6) is 5.75 Å². The number of hydrogen-bond acceptors (Lipinski definition) is 4. The van der Waals surface area contributed by atoms with Crippen LogP contribution in [0.15, 0.2) is 30.3 Å². The number of para-hydroxylation sites is 1. The second kappa shape index (κ2) is 14.7. The van der Waals surface area contributed by atoms with Gasteiger partial charge in [-0.25, -0.2) is 0 Å². The molecular weight excluding hydrogens is 427 g/mol. The molecule has 30 heavy (non-hydrogen) atoms. The molecule has 4 nitrogen and oxygen atoms in total. The van der Waals surface area contributed by atoms with Gasteiger partial charge in [0.15, 0.2) is 0 Å². The third-order valence-corrected chi connectivity index (χ3v) is 7.16. The highest BCUT2D eigenvalue weighted by molar-refractivity contribution is 6.60. The van der Waals surface area contributed by atoms with Crippen LogP contribution in [0.3, 0.4) is 0 Å². The van der Waals surface area contributed by atoms with Crippen molar-refractivity contribution in [1.82, 2.24) is 0 Å². The van der Waals surface area contributed by atoms with Crippen LogP contribution in [-0.4, -0.2) is 35.5 Å². The van der Waals surface area contributed by atoms with Gasteiger partial charge >= 0.3 is 21.8 Å². The second-order valence-electron chi connectivity index (χ2n) is 6.91. The first-order valence-corrected chi connectivity index (χ1v) is 12.2. The third kappa shape index (κ3) is 13.1. The molecule has 0 aliphatic carbocycles. The van der Waals surface area contributed by atoms with Gasteiger partial charge in [-0.1, -0.05) is 63.1 Å². The van der Waals surface area contributed by atoms with Crippen LogP contribution in [0, 0.1) is 0 Å². The van der Waals surface area contributed by atoms with Crippen LogP contribution in [0.1, 0.15) is 57.8 Å². The van der Waals surface area contributed by atoms with Crippen molar-refractivity contribution in [1.29, 1.82) is 0 Å². The molecule has 0 spiro atoms. The maximum Gasteiger partial charge on any atom is 0.516 e. The topological polar surface area (TPSA) is 36.9 Å². The van der Waals surface area contributed by atoms with Crippen molar-refractivity contribution in [3.05, 3.63) is 30.3 Å². The molecule has 1 aromatic carbocycles. The lowest BCUT2D eigenvalue weighted by Gasteiger charge is -2.28. The van der Waals surface area contributed by atoms with E-state index in [9.17, 15) is 22.0 Å². The van der Waals surface area contributed by atoms with Crippen molar-refractivity contribution >= 4 is 8.80 Å². The highest BCUT2D eigenvalue weighted by Crippen LogP contribution is 2.30. The highest BCUT2D eigenvalue weighted by atomic mass is 28.4. The van der Waals surface area contributed by atoms with Crippen molar-refractivity contribution < 1.29 is 40.0 Å². The van der Waals surface area contributed by atoms with Crippen molar-refractivity contribution in [3.8, 4) is 5.75 Å². The molecule has 0 N–H and O–H groups in total. The molecule has 10 heteroatoms. The molecule has 0 fully saturated rings. The number of benzene rings is 1. The van der Waals surface area contributed by atoms with Gasteiger partial charge in [0.2, 0.25) is 0 Å². The van der Waals surface area contributed by atoms with Gasteiger partial charge in [0.05, 0.1) is 6.61 Å². The van der Waals surface area contributed by atoms with Crippen LogP contribution < -0.4 is 4.74 Å². The van der Waals surface area contributed by atoms with Crippen molar-refractivity contribution in [2.45, 2.75) is 76.8 Å². The number of ether oxygens (including phenoxy) is 1. The van der Waals surface area contributed by atoms with Crippen LogP contribution in [0.4, 0.5) is 22.0 Å². The van der Waals surface area contributed by atoms with E-state index in [1.54, 1.807) is 0 Å². The lowest BCUT2D eigenvalue weighted by atomic mass is 10.1. The Labute approximate surface area is 176 Å². The van der Waals surface area contributed by atoms with Gasteiger partial charge in [-0.05, 0) is 25.0 Å². The summed E-state index contributed by atoms with van der Waals surface area (Å²) in [5.41, 5.74) is 0. The highest BCUT2D eigenvalue weighted by Gasteiger charge is 2.51. The molecule has 174 valence electrons. The monoisotopic (exact) mass is 458 g/mol. The molecular formula is C20H31F5O4Si. The van der Waals surface area contributed by atoms with E-state index in [-0.39, 0.29) is 12.5 Å². The number of halogens is 5. The number of alkyl halides is 5. The minimum Gasteiger partial charge on any atom is -0.494 e. The molecule has 1 rings (SSSR count). The first-order valence-electron chi connectivity index (χ1n) is 10.2. The zero-order valence-corrected chi connectivity index (χ0v) is 18.3. The average molecular weight is 459 g/mol. The summed E-state index contributed by atoms with van der Waals surface area (Å²) in [5, 5.41) is 0. The Hall–Kier alpha value is -1.23. The first-order chi connectivity index (χ1) is 14.3. The largest absolute Gasteiger partial charge is 0.516 e. The van der Waals surface area contributed by atoms with Gasteiger partial charge in [0.25, 0.3) is 0 Å². The van der Waals surface area contributed by atoms with E-state index >= 15 is 0 Å². The quantitative estimate of drug-likeness (QED) is 0.144. The standard InChI is InChI=1S/C20H31F5O4Si/c1-26-30(28-19(21)22,29-20(23,24)25)17-13-8-6-4-2-3-5-7-12-16-27-18-14-10-9-11-15-18/h9-11,14-15,19H,2-8,12-13,16-17H2,1H3. The van der Waals surface area contributed by atoms with Crippen LogP contribution in [-0.2, 0) is 13.3 Å². The maximum atomic E-state index is 12.5. The molecule has 1 atom stereocenters. The van der Waals surface area contributed by atoms with Crippen molar-refractivity contribution in [2.75, 3.05) is 13.7 Å². The fourth-order valence-corrected chi connectivity index (χ4v) is 4.98. The molecule has 1 aromatic rings. The molecule has 0 saturated carbocycles. The lowest BCUT2D eigenvalue weighted by molar-refractivity contribution is -0.302. The van der Waals surface area contributed by atoms with Crippen molar-refractivity contribution in [3.63, 3.8) is 0 Å². The zero-order chi connectivity index (χ0) is 22.3. The summed E-state index contributed by atoms with van der Waals surface area (Å²) >= 11 is 0. The third-order valence-electron chi connectivity index (χ3n) is 4.49. The van der Waals surface area contributed by atoms with Crippen LogP contribution in [0.25, 0.3) is 0 Å². The Morgan fingerprint density at radius 2 is 1.37 bits per heavy atom. The summed E-state index contributed by atoms with van der Waals surface area (Å²) in [6.07, 6.45) is 2.83. The van der Waals surface area contributed by atoms with E-state index in [1.165, 1.54) is 0 Å². The Balaban J connectivity index is 2.06. The van der Waals surface area contributed by atoms with Crippen molar-refractivity contribution in [2.24, 2.45) is 0 Å². The van der Waals surface area contributed by atoms with Gasteiger partial charge in [0, 0.05) is 13.2 Å². The Bertz CT molecular complexity index is 548. The molecule has 0 radical (unpaired) electrons. The number of hydrogen-bond donors (Lipinski definition) is 0. The summed E-state index contributed by atoms with van der Waals surface area (Å²) in [5.74, 6) is 0.873. The summed E-state index contributed by atoms with van der Waals surface area (Å²) in [4.78, 5) is 0. The second-order valence-corrected chi connectivity index (χ2v) is 9.62. The summed E-state index contributed by atoms with van der Waals surface area (Å²) in [7, 11) is -3.57. The minimum absolute atomic E-state index is 0.277. The minimum atomic E-state index is -5.08.